The quantitative estimate of drug-likeness (QED) is 0.791. The number of piperidine rings is 1. The average Bonchev–Trinajstić information content (AvgIpc) is 2.51. The van der Waals surface area contributed by atoms with Crippen LogP contribution in [0.5, 0.6) is 0 Å². The summed E-state index contributed by atoms with van der Waals surface area (Å²) in [5.41, 5.74) is 0.571. The molecule has 2 N–H and O–H groups in total. The van der Waals surface area contributed by atoms with Crippen LogP contribution < -0.4 is 10.6 Å². The van der Waals surface area contributed by atoms with Gasteiger partial charge in [0.2, 0.25) is 5.91 Å². The summed E-state index contributed by atoms with van der Waals surface area (Å²) in [7, 11) is 0. The fourth-order valence-electron chi connectivity index (χ4n) is 2.69. The van der Waals surface area contributed by atoms with Gasteiger partial charge >= 0.3 is 0 Å². The van der Waals surface area contributed by atoms with E-state index in [1.807, 2.05) is 0 Å². The number of rotatable bonds is 6. The van der Waals surface area contributed by atoms with E-state index in [2.05, 4.69) is 22.5 Å². The Morgan fingerprint density at radius 1 is 1.30 bits per heavy atom. The van der Waals surface area contributed by atoms with E-state index < -0.39 is 0 Å². The van der Waals surface area contributed by atoms with Crippen LogP contribution in [0, 0.1) is 5.92 Å². The Bertz CT molecular complexity index is 505. The third-order valence-electron chi connectivity index (χ3n) is 3.98. The van der Waals surface area contributed by atoms with Gasteiger partial charge in [0.25, 0.3) is 0 Å². The second-order valence-corrected chi connectivity index (χ2v) is 6.46. The molecule has 0 atom stereocenters. The van der Waals surface area contributed by atoms with Gasteiger partial charge in [0, 0.05) is 0 Å². The van der Waals surface area contributed by atoms with Gasteiger partial charge in [0.1, 0.15) is 0 Å². The van der Waals surface area contributed by atoms with Gasteiger partial charge in [-0.3, -0.25) is 9.69 Å². The maximum atomic E-state index is 12.1. The number of nitrogens with zero attached hydrogens (tertiary/aromatic N) is 1. The molecule has 4 nitrogen and oxygen atoms in total. The third-order valence-corrected chi connectivity index (χ3v) is 4.80. The normalized spacial score (nSPS) is 16.0. The van der Waals surface area contributed by atoms with E-state index in [1.54, 1.807) is 18.2 Å². The summed E-state index contributed by atoms with van der Waals surface area (Å²) in [5, 5.41) is 7.07. The summed E-state index contributed by atoms with van der Waals surface area (Å²) in [4.78, 5) is 14.3. The molecule has 1 aliphatic rings. The Morgan fingerprint density at radius 2 is 2.00 bits per heavy atom. The van der Waals surface area contributed by atoms with Gasteiger partial charge in [-0.15, -0.1) is 12.4 Å². The van der Waals surface area contributed by atoms with Gasteiger partial charge in [-0.05, 0) is 57.1 Å². The summed E-state index contributed by atoms with van der Waals surface area (Å²) in [6.45, 7) is 6.55. The van der Waals surface area contributed by atoms with Crippen molar-refractivity contribution in [1.29, 1.82) is 0 Å². The smallest absolute Gasteiger partial charge is 0.238 e. The van der Waals surface area contributed by atoms with Crippen LogP contribution in [0.1, 0.15) is 19.8 Å². The molecule has 1 heterocycles. The largest absolute Gasteiger partial charge is 0.324 e. The van der Waals surface area contributed by atoms with Crippen molar-refractivity contribution in [2.24, 2.45) is 5.92 Å². The molecule has 0 radical (unpaired) electrons. The highest BCUT2D eigenvalue weighted by Crippen LogP contribution is 2.29. The molecule has 0 saturated carbocycles. The molecule has 1 aromatic rings. The second kappa shape index (κ2) is 10.4. The molecular formula is C16H24Cl3N3O. The van der Waals surface area contributed by atoms with Crippen molar-refractivity contribution in [1.82, 2.24) is 10.2 Å². The van der Waals surface area contributed by atoms with Crippen LogP contribution in [0.3, 0.4) is 0 Å². The standard InChI is InChI=1S/C16H23Cl2N3O.ClH/c1-2-19-10-12-6-8-21(9-7-12)11-15(22)20-14-5-3-4-13(17)16(14)18;/h3-5,12,19H,2,6-11H2,1H3,(H,20,22);1H. The van der Waals surface area contributed by atoms with Gasteiger partial charge in [-0.25, -0.2) is 0 Å². The lowest BCUT2D eigenvalue weighted by Gasteiger charge is -2.31. The Morgan fingerprint density at radius 3 is 2.65 bits per heavy atom. The highest BCUT2D eigenvalue weighted by molar-refractivity contribution is 6.43. The number of likely N-dealkylation sites (tertiary alicyclic amines) is 1. The fourth-order valence-corrected chi connectivity index (χ4v) is 3.04. The number of hydrogen-bond donors (Lipinski definition) is 2. The van der Waals surface area contributed by atoms with Crippen LogP contribution in [0.25, 0.3) is 0 Å². The summed E-state index contributed by atoms with van der Waals surface area (Å²) in [5.74, 6) is 0.677. The molecular weight excluding hydrogens is 357 g/mol. The van der Waals surface area contributed by atoms with E-state index >= 15 is 0 Å². The third kappa shape index (κ3) is 6.48. The van der Waals surface area contributed by atoms with E-state index in [9.17, 15) is 4.79 Å². The van der Waals surface area contributed by atoms with Crippen molar-refractivity contribution < 1.29 is 4.79 Å². The first-order valence-corrected chi connectivity index (χ1v) is 8.52. The lowest BCUT2D eigenvalue weighted by atomic mass is 9.97. The average molecular weight is 381 g/mol. The first kappa shape index (κ1) is 20.5. The topological polar surface area (TPSA) is 44.4 Å². The Labute approximate surface area is 154 Å². The lowest BCUT2D eigenvalue weighted by Crippen LogP contribution is -2.41. The molecule has 2 rings (SSSR count). The predicted octanol–water partition coefficient (Wildman–Crippen LogP) is 3.68. The first-order valence-electron chi connectivity index (χ1n) is 7.77. The fraction of sp³-hybridized carbons (Fsp3) is 0.562. The first-order chi connectivity index (χ1) is 10.6. The Kier molecular flexibility index (Phi) is 9.25. The zero-order valence-corrected chi connectivity index (χ0v) is 15.6. The summed E-state index contributed by atoms with van der Waals surface area (Å²) >= 11 is 12.0. The number of benzene rings is 1. The molecule has 23 heavy (non-hydrogen) atoms. The maximum absolute atomic E-state index is 12.1. The van der Waals surface area contributed by atoms with Crippen molar-refractivity contribution in [2.45, 2.75) is 19.8 Å². The van der Waals surface area contributed by atoms with Crippen LogP contribution >= 0.6 is 35.6 Å². The van der Waals surface area contributed by atoms with E-state index in [-0.39, 0.29) is 18.3 Å². The minimum Gasteiger partial charge on any atom is -0.324 e. The summed E-state index contributed by atoms with van der Waals surface area (Å²) < 4.78 is 0. The molecule has 0 unspecified atom stereocenters. The van der Waals surface area contributed by atoms with Crippen LogP contribution in [-0.4, -0.2) is 43.5 Å². The minimum atomic E-state index is -0.0469. The number of amides is 1. The zero-order valence-electron chi connectivity index (χ0n) is 13.3. The number of anilines is 1. The summed E-state index contributed by atoms with van der Waals surface area (Å²) in [6.07, 6.45) is 2.27. The SMILES string of the molecule is CCNCC1CCN(CC(=O)Nc2cccc(Cl)c2Cl)CC1.Cl. The van der Waals surface area contributed by atoms with Crippen molar-refractivity contribution >= 4 is 47.2 Å². The number of nitrogens with one attached hydrogen (secondary N) is 2. The number of carbonyl (C=O) groups is 1. The maximum Gasteiger partial charge on any atom is 0.238 e. The number of carbonyl (C=O) groups excluding carboxylic acids is 1. The van der Waals surface area contributed by atoms with E-state index in [4.69, 9.17) is 23.2 Å². The molecule has 1 amide bonds. The highest BCUT2D eigenvalue weighted by Gasteiger charge is 2.20. The zero-order chi connectivity index (χ0) is 15.9. The van der Waals surface area contributed by atoms with Gasteiger partial charge in [0.15, 0.2) is 0 Å². The van der Waals surface area contributed by atoms with Crippen LogP contribution in [0.4, 0.5) is 5.69 Å². The minimum absolute atomic E-state index is 0. The highest BCUT2D eigenvalue weighted by atomic mass is 35.5. The monoisotopic (exact) mass is 379 g/mol. The molecule has 1 aromatic carbocycles. The van der Waals surface area contributed by atoms with Crippen LogP contribution in [0.2, 0.25) is 10.0 Å². The van der Waals surface area contributed by atoms with Crippen LogP contribution in [-0.2, 0) is 4.79 Å². The molecule has 130 valence electrons. The molecule has 0 spiro atoms. The lowest BCUT2D eigenvalue weighted by molar-refractivity contribution is -0.117. The van der Waals surface area contributed by atoms with Gasteiger partial charge in [-0.1, -0.05) is 36.2 Å². The number of halogens is 3. The van der Waals surface area contributed by atoms with E-state index in [0.717, 1.165) is 44.9 Å². The molecule has 1 fully saturated rings. The van der Waals surface area contributed by atoms with Gasteiger partial charge in [0.05, 0.1) is 22.3 Å². The molecule has 7 heteroatoms. The summed E-state index contributed by atoms with van der Waals surface area (Å²) in [6, 6.07) is 5.24. The molecule has 0 aromatic heterocycles. The molecule has 1 aliphatic heterocycles. The van der Waals surface area contributed by atoms with Crippen molar-refractivity contribution in [2.75, 3.05) is 38.0 Å². The number of hydrogen-bond acceptors (Lipinski definition) is 3. The van der Waals surface area contributed by atoms with Crippen LogP contribution in [0.15, 0.2) is 18.2 Å². The molecule has 0 aliphatic carbocycles. The second-order valence-electron chi connectivity index (χ2n) is 5.68. The molecule has 0 bridgehead atoms. The predicted molar refractivity (Wildman–Crippen MR) is 100 cm³/mol. The Balaban J connectivity index is 0.00000264. The van der Waals surface area contributed by atoms with E-state index in [0.29, 0.717) is 22.3 Å². The van der Waals surface area contributed by atoms with Gasteiger partial charge < -0.3 is 10.6 Å². The van der Waals surface area contributed by atoms with Gasteiger partial charge in [-0.2, -0.15) is 0 Å². The van der Waals surface area contributed by atoms with Crippen molar-refractivity contribution in [3.8, 4) is 0 Å². The Hall–Kier alpha value is -0.520. The van der Waals surface area contributed by atoms with Crippen molar-refractivity contribution in [3.05, 3.63) is 28.2 Å². The molecule has 1 saturated heterocycles. The van der Waals surface area contributed by atoms with E-state index in [1.165, 1.54) is 0 Å². The van der Waals surface area contributed by atoms with Crippen molar-refractivity contribution in [3.63, 3.8) is 0 Å².